The lowest BCUT2D eigenvalue weighted by molar-refractivity contribution is -0.131. The Labute approximate surface area is 289 Å². The molecule has 258 valence electrons. The Bertz CT molecular complexity index is 1800. The molecule has 0 bridgehead atoms. The number of rotatable bonds is 9. The van der Waals surface area contributed by atoms with Crippen LogP contribution < -0.4 is 14.5 Å². The van der Waals surface area contributed by atoms with Crippen LogP contribution in [-0.2, 0) is 17.8 Å². The summed E-state index contributed by atoms with van der Waals surface area (Å²) in [6.07, 6.45) is 2.50. The van der Waals surface area contributed by atoms with Gasteiger partial charge < -0.3 is 34.3 Å². The lowest BCUT2D eigenvalue weighted by atomic mass is 10.0. The fourth-order valence-corrected chi connectivity index (χ4v) is 7.21. The molecule has 3 aliphatic heterocycles. The molecule has 0 unspecified atom stereocenters. The molecule has 1 N–H and O–H groups in total. The van der Waals surface area contributed by atoms with Gasteiger partial charge >= 0.3 is 12.1 Å². The average Bonchev–Trinajstić information content (AvgIpc) is 3.52. The van der Waals surface area contributed by atoms with Gasteiger partial charge in [0, 0.05) is 62.5 Å². The number of nitrogens with zero attached hydrogens (tertiary/aromatic N) is 8. The third-order valence-corrected chi connectivity index (χ3v) is 10.0. The highest BCUT2D eigenvalue weighted by Crippen LogP contribution is 2.37. The molecule has 3 aliphatic rings. The van der Waals surface area contributed by atoms with E-state index in [1.807, 2.05) is 35.2 Å². The number of hydrogen-bond acceptors (Lipinski definition) is 9. The number of anilines is 2. The van der Waals surface area contributed by atoms with E-state index in [1.54, 1.807) is 0 Å². The van der Waals surface area contributed by atoms with E-state index in [4.69, 9.17) is 31.4 Å². The number of carbonyl (C=O) groups excluding carboxylic acids is 1. The number of amides is 2. The summed E-state index contributed by atoms with van der Waals surface area (Å²) < 4.78 is 21.2. The van der Waals surface area contributed by atoms with Gasteiger partial charge in [-0.3, -0.25) is 4.79 Å². The van der Waals surface area contributed by atoms with E-state index >= 15 is 0 Å². The maximum atomic E-state index is 15.0. The zero-order valence-corrected chi connectivity index (χ0v) is 28.4. The van der Waals surface area contributed by atoms with Crippen LogP contribution >= 0.6 is 11.6 Å². The number of piperazine rings is 1. The quantitative estimate of drug-likeness (QED) is 0.315. The van der Waals surface area contributed by atoms with Crippen LogP contribution in [0.5, 0.6) is 6.01 Å². The molecule has 2 aromatic carbocycles. The number of benzene rings is 2. The van der Waals surface area contributed by atoms with Gasteiger partial charge in [0.1, 0.15) is 12.4 Å². The maximum absolute atomic E-state index is 15.0. The summed E-state index contributed by atoms with van der Waals surface area (Å²) in [4.78, 5) is 42.9. The van der Waals surface area contributed by atoms with Gasteiger partial charge in [-0.2, -0.15) is 15.2 Å². The molecule has 14 heteroatoms. The molecule has 2 saturated heterocycles. The van der Waals surface area contributed by atoms with Crippen molar-refractivity contribution in [3.05, 3.63) is 64.6 Å². The molecule has 12 nitrogen and oxygen atoms in total. The number of hydrogen-bond donors (Lipinski definition) is 1. The number of aromatic nitrogens is 2. The lowest BCUT2D eigenvalue weighted by Gasteiger charge is -2.42. The molecule has 2 fully saturated rings. The minimum atomic E-state index is -1.23. The molecule has 0 radical (unpaired) electrons. The summed E-state index contributed by atoms with van der Waals surface area (Å²) in [5.74, 6) is -1.22. The fraction of sp³-hybridized carbons (Fsp3) is 0.457. The van der Waals surface area contributed by atoms with Crippen LogP contribution in [0.4, 0.5) is 20.7 Å². The third kappa shape index (κ3) is 7.35. The largest absolute Gasteiger partial charge is 0.465 e. The lowest BCUT2D eigenvalue weighted by Crippen LogP contribution is -2.56. The Morgan fingerprint density at radius 2 is 1.94 bits per heavy atom. The molecule has 49 heavy (non-hydrogen) atoms. The summed E-state index contributed by atoms with van der Waals surface area (Å²) in [6.45, 7) is 3.18. The first kappa shape index (κ1) is 34.2. The zero-order valence-electron chi connectivity index (χ0n) is 27.7. The van der Waals surface area contributed by atoms with Crippen LogP contribution in [0.15, 0.2) is 48.3 Å². The van der Waals surface area contributed by atoms with Crippen LogP contribution in [0.1, 0.15) is 30.5 Å². The minimum absolute atomic E-state index is 0.00911. The Balaban J connectivity index is 1.29. The number of likely N-dealkylation sites (N-methyl/N-ethyl adjacent to an activating group) is 2. The summed E-state index contributed by atoms with van der Waals surface area (Å²) >= 11 is 6.70. The number of fused-ring (bicyclic) bond motifs is 2. The van der Waals surface area contributed by atoms with E-state index in [0.717, 1.165) is 58.1 Å². The summed E-state index contributed by atoms with van der Waals surface area (Å²) in [7, 11) is 3.38. The van der Waals surface area contributed by atoms with Gasteiger partial charge in [-0.05, 0) is 56.4 Å². The molecule has 1 aromatic heterocycles. The van der Waals surface area contributed by atoms with Crippen molar-refractivity contribution in [1.82, 2.24) is 24.7 Å². The Hall–Kier alpha value is -4.67. The molecule has 0 saturated carbocycles. The SMILES string of the molecule is CN(C/C=C(/F)C(=O)N1CCN(c2nc(OC[C@@H]3CCCN3C)nc3c2CCN(c2cccc4cccc(Cl)c24)C3)C[C@@H]1CC#N)C(=O)O. The number of likely N-dealkylation sites (tertiary alicyclic amines) is 1. The molecule has 2 amide bonds. The fourth-order valence-electron chi connectivity index (χ4n) is 6.94. The van der Waals surface area contributed by atoms with E-state index in [-0.39, 0.29) is 38.1 Å². The summed E-state index contributed by atoms with van der Waals surface area (Å²) in [5, 5.41) is 21.5. The summed E-state index contributed by atoms with van der Waals surface area (Å²) in [6, 6.07) is 14.1. The number of carbonyl (C=O) groups is 2. The van der Waals surface area contributed by atoms with Crippen molar-refractivity contribution in [2.75, 3.05) is 69.8 Å². The van der Waals surface area contributed by atoms with Crippen molar-refractivity contribution in [1.29, 1.82) is 5.26 Å². The summed E-state index contributed by atoms with van der Waals surface area (Å²) in [5.41, 5.74) is 2.84. The molecule has 2 atom stereocenters. The van der Waals surface area contributed by atoms with Crippen LogP contribution in [0, 0.1) is 11.3 Å². The average molecular weight is 691 g/mol. The smallest absolute Gasteiger partial charge is 0.407 e. The number of halogens is 2. The predicted octanol–water partition coefficient (Wildman–Crippen LogP) is 4.71. The van der Waals surface area contributed by atoms with Crippen molar-refractivity contribution in [3.63, 3.8) is 0 Å². The van der Waals surface area contributed by atoms with Gasteiger partial charge in [0.15, 0.2) is 5.83 Å². The molecular weight excluding hydrogens is 651 g/mol. The Morgan fingerprint density at radius 1 is 1.14 bits per heavy atom. The van der Waals surface area contributed by atoms with Gasteiger partial charge in [0.2, 0.25) is 0 Å². The van der Waals surface area contributed by atoms with E-state index in [9.17, 15) is 19.2 Å². The first-order valence-electron chi connectivity index (χ1n) is 16.5. The van der Waals surface area contributed by atoms with Crippen LogP contribution in [-0.4, -0.2) is 114 Å². The van der Waals surface area contributed by atoms with Crippen molar-refractivity contribution in [2.45, 2.75) is 44.3 Å². The second kappa shape index (κ2) is 14.8. The van der Waals surface area contributed by atoms with E-state index in [0.29, 0.717) is 43.5 Å². The highest BCUT2D eigenvalue weighted by molar-refractivity contribution is 6.36. The van der Waals surface area contributed by atoms with Crippen LogP contribution in [0.3, 0.4) is 0 Å². The van der Waals surface area contributed by atoms with Crippen LogP contribution in [0.25, 0.3) is 10.8 Å². The van der Waals surface area contributed by atoms with Crippen molar-refractivity contribution in [3.8, 4) is 12.1 Å². The molecule has 4 heterocycles. The van der Waals surface area contributed by atoms with Gasteiger partial charge in [0.25, 0.3) is 5.91 Å². The van der Waals surface area contributed by atoms with E-state index in [1.165, 1.54) is 11.9 Å². The normalized spacial score (nSPS) is 19.9. The maximum Gasteiger partial charge on any atom is 0.407 e. The number of ether oxygens (including phenoxy) is 1. The molecule has 0 aliphatic carbocycles. The predicted molar refractivity (Wildman–Crippen MR) is 185 cm³/mol. The van der Waals surface area contributed by atoms with Crippen molar-refractivity contribution < 1.29 is 23.8 Å². The highest BCUT2D eigenvalue weighted by Gasteiger charge is 2.35. The molecule has 3 aromatic rings. The first-order valence-corrected chi connectivity index (χ1v) is 16.9. The first-order chi connectivity index (χ1) is 23.6. The Kier molecular flexibility index (Phi) is 10.4. The monoisotopic (exact) mass is 690 g/mol. The number of carboxylic acid groups (broad SMARTS) is 1. The molecule has 0 spiro atoms. The minimum Gasteiger partial charge on any atom is -0.465 e. The van der Waals surface area contributed by atoms with Crippen molar-refractivity contribution >= 4 is 45.9 Å². The van der Waals surface area contributed by atoms with Gasteiger partial charge in [-0.25, -0.2) is 9.18 Å². The van der Waals surface area contributed by atoms with E-state index < -0.39 is 23.9 Å². The standard InChI is InChI=1S/C35H40ClFN8O4/c1-41-15-5-8-25(41)22-49-34-39-29-21-43(30-10-4-7-23-6-3-9-27(36)31(23)30)17-12-26(29)32(40-34)44-18-19-45(24(20-44)11-14-38)33(46)28(37)13-16-42(2)35(47)48/h3-4,6-7,9-10,13,24-25H,5,8,11-12,15-22H2,1-2H3,(H,47,48)/b28-13+/t24-,25-/m0/s1. The van der Waals surface area contributed by atoms with Gasteiger partial charge in [-0.15, -0.1) is 0 Å². The molecular formula is C35H40ClFN8O4. The third-order valence-electron chi connectivity index (χ3n) is 9.72. The molecule has 6 rings (SSSR count). The second-order valence-corrected chi connectivity index (χ2v) is 13.2. The second-order valence-electron chi connectivity index (χ2n) is 12.8. The number of nitriles is 1. The Morgan fingerprint density at radius 3 is 2.67 bits per heavy atom. The topological polar surface area (TPSA) is 129 Å². The van der Waals surface area contributed by atoms with E-state index in [2.05, 4.69) is 29.0 Å². The van der Waals surface area contributed by atoms with Gasteiger partial charge in [0.05, 0.1) is 35.8 Å². The van der Waals surface area contributed by atoms with Crippen molar-refractivity contribution in [2.24, 2.45) is 0 Å². The zero-order chi connectivity index (χ0) is 34.7. The van der Waals surface area contributed by atoms with Crippen LogP contribution in [0.2, 0.25) is 5.02 Å². The van der Waals surface area contributed by atoms with Gasteiger partial charge in [-0.1, -0.05) is 35.9 Å². The highest BCUT2D eigenvalue weighted by atomic mass is 35.5.